The molecule has 0 radical (unpaired) electrons. The van der Waals surface area contributed by atoms with Crippen LogP contribution in [0.3, 0.4) is 0 Å². The van der Waals surface area contributed by atoms with E-state index >= 15 is 0 Å². The van der Waals surface area contributed by atoms with Crippen LogP contribution in [0.15, 0.2) is 66.9 Å². The molecule has 150 valence electrons. The normalized spacial score (nSPS) is 14.2. The van der Waals surface area contributed by atoms with Crippen molar-refractivity contribution in [2.45, 2.75) is 19.4 Å². The number of para-hydroxylation sites is 1. The van der Waals surface area contributed by atoms with Crippen LogP contribution < -0.4 is 0 Å². The largest absolute Gasteiger partial charge is 0.331 e. The van der Waals surface area contributed by atoms with Crippen LogP contribution in [0, 0.1) is 0 Å². The van der Waals surface area contributed by atoms with Crippen LogP contribution in [-0.4, -0.2) is 51.7 Å². The van der Waals surface area contributed by atoms with Crippen molar-refractivity contribution in [2.24, 2.45) is 0 Å². The molecule has 0 bridgehead atoms. The molecule has 0 unspecified atom stereocenters. The van der Waals surface area contributed by atoms with E-state index in [-0.39, 0.29) is 5.91 Å². The molecular weight excluding hydrogens is 384 g/mol. The van der Waals surface area contributed by atoms with Gasteiger partial charge in [-0.3, -0.25) is 4.79 Å². The van der Waals surface area contributed by atoms with E-state index in [4.69, 9.17) is 11.6 Å². The number of likely N-dealkylation sites (tertiary alicyclic amines) is 1. The lowest BCUT2D eigenvalue weighted by Crippen LogP contribution is -2.38. The standard InChI is InChI=1S/C23H25ClN4O/c24-22-11-5-4-10-21(22)23(29)27(17-16-26-14-6-7-15-26)18-20-12-13-25-28(20)19-8-2-1-3-9-19/h1-5,8-13H,6-7,14-18H2. The Bertz CT molecular complexity index is 950. The van der Waals surface area contributed by atoms with E-state index < -0.39 is 0 Å². The van der Waals surface area contributed by atoms with Gasteiger partial charge < -0.3 is 9.80 Å². The first kappa shape index (κ1) is 19.7. The van der Waals surface area contributed by atoms with Crippen molar-refractivity contribution in [1.29, 1.82) is 0 Å². The summed E-state index contributed by atoms with van der Waals surface area (Å²) in [5, 5.41) is 4.96. The number of nitrogens with zero attached hydrogens (tertiary/aromatic N) is 4. The molecule has 29 heavy (non-hydrogen) atoms. The van der Waals surface area contributed by atoms with Gasteiger partial charge >= 0.3 is 0 Å². The van der Waals surface area contributed by atoms with Crippen molar-refractivity contribution < 1.29 is 4.79 Å². The highest BCUT2D eigenvalue weighted by Crippen LogP contribution is 2.20. The molecule has 0 N–H and O–H groups in total. The second-order valence-electron chi connectivity index (χ2n) is 7.33. The van der Waals surface area contributed by atoms with Gasteiger partial charge in [-0.15, -0.1) is 0 Å². The quantitative estimate of drug-likeness (QED) is 0.586. The maximum atomic E-state index is 13.3. The zero-order valence-electron chi connectivity index (χ0n) is 16.4. The van der Waals surface area contributed by atoms with Crippen LogP contribution in [0.25, 0.3) is 5.69 Å². The van der Waals surface area contributed by atoms with E-state index in [2.05, 4.69) is 10.00 Å². The molecule has 6 heteroatoms. The molecule has 4 rings (SSSR count). The Morgan fingerprint density at radius 2 is 1.72 bits per heavy atom. The van der Waals surface area contributed by atoms with Gasteiger partial charge in [0.15, 0.2) is 0 Å². The maximum Gasteiger partial charge on any atom is 0.255 e. The van der Waals surface area contributed by atoms with Gasteiger partial charge in [0.2, 0.25) is 0 Å². The Morgan fingerprint density at radius 1 is 1.00 bits per heavy atom. The van der Waals surface area contributed by atoms with Crippen molar-refractivity contribution in [3.8, 4) is 5.69 Å². The van der Waals surface area contributed by atoms with Crippen molar-refractivity contribution in [3.63, 3.8) is 0 Å². The van der Waals surface area contributed by atoms with Crippen LogP contribution in [0.5, 0.6) is 0 Å². The molecule has 0 atom stereocenters. The Morgan fingerprint density at radius 3 is 2.48 bits per heavy atom. The second kappa shape index (κ2) is 9.25. The monoisotopic (exact) mass is 408 g/mol. The maximum absolute atomic E-state index is 13.3. The second-order valence-corrected chi connectivity index (χ2v) is 7.73. The van der Waals surface area contributed by atoms with E-state index in [0.29, 0.717) is 23.7 Å². The fourth-order valence-corrected chi connectivity index (χ4v) is 3.99. The van der Waals surface area contributed by atoms with Crippen molar-refractivity contribution in [2.75, 3.05) is 26.2 Å². The SMILES string of the molecule is O=C(c1ccccc1Cl)N(CCN1CCCC1)Cc1ccnn1-c1ccccc1. The van der Waals surface area contributed by atoms with E-state index in [1.54, 1.807) is 18.3 Å². The molecule has 5 nitrogen and oxygen atoms in total. The fourth-order valence-electron chi connectivity index (χ4n) is 3.77. The number of rotatable bonds is 7. The summed E-state index contributed by atoms with van der Waals surface area (Å²) in [6, 6.07) is 19.2. The molecule has 2 heterocycles. The van der Waals surface area contributed by atoms with Crippen LogP contribution in [0.1, 0.15) is 28.9 Å². The minimum atomic E-state index is -0.0457. The smallest absolute Gasteiger partial charge is 0.255 e. The van der Waals surface area contributed by atoms with Crippen molar-refractivity contribution >= 4 is 17.5 Å². The van der Waals surface area contributed by atoms with E-state index in [1.807, 2.05) is 58.1 Å². The van der Waals surface area contributed by atoms with Gasteiger partial charge in [-0.2, -0.15) is 5.10 Å². The number of hydrogen-bond donors (Lipinski definition) is 0. The van der Waals surface area contributed by atoms with Gasteiger partial charge in [-0.25, -0.2) is 4.68 Å². The Hall–Kier alpha value is -2.63. The van der Waals surface area contributed by atoms with E-state index in [0.717, 1.165) is 31.0 Å². The first-order valence-electron chi connectivity index (χ1n) is 10.1. The molecule has 1 saturated heterocycles. The average molecular weight is 409 g/mol. The summed E-state index contributed by atoms with van der Waals surface area (Å²) in [6.07, 6.45) is 4.25. The Kier molecular flexibility index (Phi) is 6.27. The van der Waals surface area contributed by atoms with E-state index in [9.17, 15) is 4.79 Å². The minimum Gasteiger partial charge on any atom is -0.331 e. The number of carbonyl (C=O) groups excluding carboxylic acids is 1. The average Bonchev–Trinajstić information content (AvgIpc) is 3.43. The zero-order chi connectivity index (χ0) is 20.1. The lowest BCUT2D eigenvalue weighted by atomic mass is 10.2. The lowest BCUT2D eigenvalue weighted by Gasteiger charge is -2.26. The highest BCUT2D eigenvalue weighted by molar-refractivity contribution is 6.33. The molecule has 1 amide bonds. The fraction of sp³-hybridized carbons (Fsp3) is 0.304. The third kappa shape index (κ3) is 4.69. The Labute approximate surface area is 176 Å². The summed E-state index contributed by atoms with van der Waals surface area (Å²) in [5.74, 6) is -0.0457. The number of halogens is 1. The van der Waals surface area contributed by atoms with Crippen LogP contribution in [0.2, 0.25) is 5.02 Å². The summed E-state index contributed by atoms with van der Waals surface area (Å²) in [6.45, 7) is 4.22. The molecule has 1 aliphatic rings. The predicted molar refractivity (Wildman–Crippen MR) is 115 cm³/mol. The van der Waals surface area contributed by atoms with Crippen LogP contribution >= 0.6 is 11.6 Å². The zero-order valence-corrected chi connectivity index (χ0v) is 17.1. The number of amides is 1. The molecule has 1 aliphatic heterocycles. The molecule has 3 aromatic rings. The summed E-state index contributed by atoms with van der Waals surface area (Å²) in [7, 11) is 0. The van der Waals surface area contributed by atoms with Crippen LogP contribution in [-0.2, 0) is 6.54 Å². The van der Waals surface area contributed by atoms with Gasteiger partial charge in [0, 0.05) is 19.3 Å². The predicted octanol–water partition coefficient (Wildman–Crippen LogP) is 4.26. The van der Waals surface area contributed by atoms with Crippen molar-refractivity contribution in [3.05, 3.63) is 83.1 Å². The molecule has 0 spiro atoms. The summed E-state index contributed by atoms with van der Waals surface area (Å²) in [5.41, 5.74) is 2.50. The Balaban J connectivity index is 1.58. The number of benzene rings is 2. The first-order chi connectivity index (χ1) is 14.2. The minimum absolute atomic E-state index is 0.0457. The highest BCUT2D eigenvalue weighted by atomic mass is 35.5. The third-order valence-corrected chi connectivity index (χ3v) is 5.68. The van der Waals surface area contributed by atoms with Gasteiger partial charge in [0.25, 0.3) is 5.91 Å². The molecular formula is C23H25ClN4O. The summed E-state index contributed by atoms with van der Waals surface area (Å²) in [4.78, 5) is 17.6. The van der Waals surface area contributed by atoms with Gasteiger partial charge in [-0.05, 0) is 56.3 Å². The number of carbonyl (C=O) groups is 1. The molecule has 2 aromatic carbocycles. The number of aromatic nitrogens is 2. The van der Waals surface area contributed by atoms with E-state index in [1.165, 1.54) is 12.8 Å². The van der Waals surface area contributed by atoms with Crippen molar-refractivity contribution in [1.82, 2.24) is 19.6 Å². The topological polar surface area (TPSA) is 41.4 Å². The van der Waals surface area contributed by atoms with Gasteiger partial charge in [0.05, 0.1) is 28.5 Å². The molecule has 0 saturated carbocycles. The third-order valence-electron chi connectivity index (χ3n) is 5.35. The molecule has 0 aliphatic carbocycles. The van der Waals surface area contributed by atoms with Gasteiger partial charge in [-0.1, -0.05) is 41.9 Å². The van der Waals surface area contributed by atoms with Crippen LogP contribution in [0.4, 0.5) is 0 Å². The summed E-state index contributed by atoms with van der Waals surface area (Å²) >= 11 is 6.32. The molecule has 1 aromatic heterocycles. The first-order valence-corrected chi connectivity index (χ1v) is 10.4. The molecule has 1 fully saturated rings. The lowest BCUT2D eigenvalue weighted by molar-refractivity contribution is 0.0724. The highest BCUT2D eigenvalue weighted by Gasteiger charge is 2.22. The number of hydrogen-bond acceptors (Lipinski definition) is 3. The summed E-state index contributed by atoms with van der Waals surface area (Å²) < 4.78 is 1.89. The van der Waals surface area contributed by atoms with Gasteiger partial charge in [0.1, 0.15) is 0 Å².